The number of hydrogen-bond acceptors (Lipinski definition) is 6. The summed E-state index contributed by atoms with van der Waals surface area (Å²) in [5.41, 5.74) is 5.64. The summed E-state index contributed by atoms with van der Waals surface area (Å²) < 4.78 is 16.7. The number of aryl methyl sites for hydroxylation is 1. The molecule has 0 aliphatic carbocycles. The van der Waals surface area contributed by atoms with Crippen molar-refractivity contribution in [3.8, 4) is 17.2 Å². The zero-order chi connectivity index (χ0) is 21.2. The Bertz CT molecular complexity index is 877. The number of methoxy groups -OCH3 is 1. The molecule has 154 valence electrons. The number of carbonyl (C=O) groups excluding carboxylic acids is 2. The van der Waals surface area contributed by atoms with Crippen molar-refractivity contribution in [3.63, 3.8) is 0 Å². The van der Waals surface area contributed by atoms with E-state index in [1.165, 1.54) is 0 Å². The van der Waals surface area contributed by atoms with Gasteiger partial charge >= 0.3 is 0 Å². The average Bonchev–Trinajstić information content (AvgIpc) is 2.70. The highest BCUT2D eigenvalue weighted by molar-refractivity contribution is 9.10. The van der Waals surface area contributed by atoms with Crippen LogP contribution in [-0.2, 0) is 9.59 Å². The van der Waals surface area contributed by atoms with Crippen LogP contribution in [0.1, 0.15) is 5.56 Å². The molecule has 0 saturated heterocycles. The molecule has 0 saturated carbocycles. The Hall–Kier alpha value is -2.85. The highest BCUT2D eigenvalue weighted by Crippen LogP contribution is 2.22. The standard InChI is InChI=1S/C19H20BrN3O5S/c1-12-9-13(20)3-8-16(12)28-10-17(24)21-19(29)23-22-18(25)11-27-15-6-4-14(26-2)5-7-15/h3-9H,10-11H2,1-2H3,(H,22,25)(H2,21,23,24,29). The van der Waals surface area contributed by atoms with Gasteiger partial charge in [0.25, 0.3) is 11.8 Å². The van der Waals surface area contributed by atoms with Crippen LogP contribution in [0.25, 0.3) is 0 Å². The van der Waals surface area contributed by atoms with E-state index in [9.17, 15) is 9.59 Å². The van der Waals surface area contributed by atoms with Crippen LogP contribution >= 0.6 is 28.1 Å². The number of amides is 2. The Morgan fingerprint density at radius 2 is 1.62 bits per heavy atom. The van der Waals surface area contributed by atoms with Crippen molar-refractivity contribution in [1.29, 1.82) is 0 Å². The van der Waals surface area contributed by atoms with Gasteiger partial charge in [-0.15, -0.1) is 0 Å². The normalized spacial score (nSPS) is 9.90. The third-order valence-corrected chi connectivity index (χ3v) is 4.19. The van der Waals surface area contributed by atoms with Gasteiger partial charge in [-0.05, 0) is 67.2 Å². The summed E-state index contributed by atoms with van der Waals surface area (Å²) in [6, 6.07) is 12.2. The third-order valence-electron chi connectivity index (χ3n) is 3.49. The van der Waals surface area contributed by atoms with Crippen molar-refractivity contribution in [1.82, 2.24) is 16.2 Å². The zero-order valence-electron chi connectivity index (χ0n) is 15.8. The van der Waals surface area contributed by atoms with Gasteiger partial charge in [-0.1, -0.05) is 15.9 Å². The Labute approximate surface area is 182 Å². The number of halogens is 1. The summed E-state index contributed by atoms with van der Waals surface area (Å²) in [5, 5.41) is 2.33. The summed E-state index contributed by atoms with van der Waals surface area (Å²) >= 11 is 8.31. The zero-order valence-corrected chi connectivity index (χ0v) is 18.2. The monoisotopic (exact) mass is 481 g/mol. The highest BCUT2D eigenvalue weighted by atomic mass is 79.9. The van der Waals surface area contributed by atoms with E-state index >= 15 is 0 Å². The lowest BCUT2D eigenvalue weighted by molar-refractivity contribution is -0.124. The fraction of sp³-hybridized carbons (Fsp3) is 0.211. The quantitative estimate of drug-likeness (QED) is 0.412. The van der Waals surface area contributed by atoms with Gasteiger partial charge in [-0.25, -0.2) is 0 Å². The summed E-state index contributed by atoms with van der Waals surface area (Å²) in [7, 11) is 1.56. The molecule has 0 heterocycles. The van der Waals surface area contributed by atoms with Gasteiger partial charge in [0.15, 0.2) is 18.3 Å². The van der Waals surface area contributed by atoms with Crippen LogP contribution in [0.5, 0.6) is 17.2 Å². The molecule has 0 aromatic heterocycles. The molecule has 2 rings (SSSR count). The van der Waals surface area contributed by atoms with Gasteiger partial charge in [0, 0.05) is 4.47 Å². The maximum absolute atomic E-state index is 11.9. The van der Waals surface area contributed by atoms with Crippen LogP contribution in [0.3, 0.4) is 0 Å². The Balaban J connectivity index is 1.66. The van der Waals surface area contributed by atoms with Gasteiger partial charge in [0.1, 0.15) is 17.2 Å². The molecular formula is C19H20BrN3O5S. The second-order valence-electron chi connectivity index (χ2n) is 5.71. The summed E-state index contributed by atoms with van der Waals surface area (Å²) in [6.45, 7) is 1.41. The SMILES string of the molecule is COc1ccc(OCC(=O)NNC(=S)NC(=O)COc2ccc(Br)cc2C)cc1. The first-order valence-electron chi connectivity index (χ1n) is 8.42. The fourth-order valence-corrected chi connectivity index (χ4v) is 2.74. The molecule has 0 aliphatic rings. The van der Waals surface area contributed by atoms with E-state index in [4.69, 9.17) is 26.4 Å². The van der Waals surface area contributed by atoms with Gasteiger partial charge in [-0.3, -0.25) is 25.8 Å². The van der Waals surface area contributed by atoms with Crippen molar-refractivity contribution in [2.75, 3.05) is 20.3 Å². The van der Waals surface area contributed by atoms with Crippen LogP contribution < -0.4 is 30.4 Å². The molecule has 0 aliphatic heterocycles. The van der Waals surface area contributed by atoms with Crippen molar-refractivity contribution < 1.29 is 23.8 Å². The summed E-state index contributed by atoms with van der Waals surface area (Å²) in [5.74, 6) is 0.847. The lowest BCUT2D eigenvalue weighted by atomic mass is 10.2. The third kappa shape index (κ3) is 7.96. The molecule has 3 N–H and O–H groups in total. The Morgan fingerprint density at radius 3 is 2.28 bits per heavy atom. The molecule has 0 unspecified atom stereocenters. The number of hydrogen-bond donors (Lipinski definition) is 3. The van der Waals surface area contributed by atoms with Crippen LogP contribution in [0, 0.1) is 6.92 Å². The molecule has 8 nitrogen and oxygen atoms in total. The average molecular weight is 482 g/mol. The first-order valence-corrected chi connectivity index (χ1v) is 9.62. The predicted octanol–water partition coefficient (Wildman–Crippen LogP) is 2.25. The maximum atomic E-state index is 11.9. The largest absolute Gasteiger partial charge is 0.497 e. The van der Waals surface area contributed by atoms with Crippen LogP contribution in [-0.4, -0.2) is 37.3 Å². The van der Waals surface area contributed by atoms with Crippen molar-refractivity contribution in [2.45, 2.75) is 6.92 Å². The van der Waals surface area contributed by atoms with Crippen LogP contribution in [0.4, 0.5) is 0 Å². The molecule has 2 aromatic rings. The Morgan fingerprint density at radius 1 is 0.966 bits per heavy atom. The molecule has 0 atom stereocenters. The number of rotatable bonds is 7. The fourth-order valence-electron chi connectivity index (χ4n) is 2.10. The molecular weight excluding hydrogens is 462 g/mol. The lowest BCUT2D eigenvalue weighted by Gasteiger charge is -2.12. The number of carbonyl (C=O) groups is 2. The number of thiocarbonyl (C=S) groups is 1. The van der Waals surface area contributed by atoms with Gasteiger partial charge in [0.05, 0.1) is 7.11 Å². The molecule has 0 radical (unpaired) electrons. The van der Waals surface area contributed by atoms with Crippen molar-refractivity contribution in [3.05, 3.63) is 52.5 Å². The molecule has 10 heteroatoms. The van der Waals surface area contributed by atoms with E-state index in [1.54, 1.807) is 37.4 Å². The number of hydrazine groups is 1. The predicted molar refractivity (Wildman–Crippen MR) is 115 cm³/mol. The number of nitrogens with one attached hydrogen (secondary N) is 3. The second-order valence-corrected chi connectivity index (χ2v) is 7.04. The first-order chi connectivity index (χ1) is 13.9. The molecule has 2 amide bonds. The van der Waals surface area contributed by atoms with E-state index < -0.39 is 11.8 Å². The van der Waals surface area contributed by atoms with E-state index in [0.29, 0.717) is 17.2 Å². The van der Waals surface area contributed by atoms with Crippen LogP contribution in [0.15, 0.2) is 46.9 Å². The molecule has 0 fully saturated rings. The van der Waals surface area contributed by atoms with E-state index in [2.05, 4.69) is 32.1 Å². The molecule has 29 heavy (non-hydrogen) atoms. The van der Waals surface area contributed by atoms with E-state index in [-0.39, 0.29) is 18.3 Å². The van der Waals surface area contributed by atoms with Crippen molar-refractivity contribution >= 4 is 45.1 Å². The minimum Gasteiger partial charge on any atom is -0.497 e. The van der Waals surface area contributed by atoms with Crippen molar-refractivity contribution in [2.24, 2.45) is 0 Å². The highest BCUT2D eigenvalue weighted by Gasteiger charge is 2.09. The second kappa shape index (κ2) is 11.2. The van der Waals surface area contributed by atoms with E-state index in [1.807, 2.05) is 19.1 Å². The van der Waals surface area contributed by atoms with E-state index in [0.717, 1.165) is 10.0 Å². The summed E-state index contributed by atoms with van der Waals surface area (Å²) in [4.78, 5) is 23.7. The molecule has 0 bridgehead atoms. The number of benzene rings is 2. The minimum atomic E-state index is -0.473. The smallest absolute Gasteiger partial charge is 0.276 e. The maximum Gasteiger partial charge on any atom is 0.276 e. The minimum absolute atomic E-state index is 0.0658. The van der Waals surface area contributed by atoms with Gasteiger partial charge < -0.3 is 14.2 Å². The van der Waals surface area contributed by atoms with Gasteiger partial charge in [-0.2, -0.15) is 0 Å². The molecule has 2 aromatic carbocycles. The summed E-state index contributed by atoms with van der Waals surface area (Å²) in [6.07, 6.45) is 0. The van der Waals surface area contributed by atoms with Crippen LogP contribution in [0.2, 0.25) is 0 Å². The number of ether oxygens (including phenoxy) is 3. The lowest BCUT2D eigenvalue weighted by Crippen LogP contribution is -2.50. The first kappa shape index (κ1) is 22.4. The van der Waals surface area contributed by atoms with Gasteiger partial charge in [0.2, 0.25) is 0 Å². The Kier molecular flexibility index (Phi) is 8.68. The molecule has 0 spiro atoms. The topological polar surface area (TPSA) is 97.9 Å².